The second kappa shape index (κ2) is 5.70. The van der Waals surface area contributed by atoms with Crippen LogP contribution in [0.3, 0.4) is 0 Å². The van der Waals surface area contributed by atoms with Crippen molar-refractivity contribution >= 4 is 5.69 Å². The molecule has 0 aliphatic carbocycles. The zero-order valence-corrected chi connectivity index (χ0v) is 10.9. The van der Waals surface area contributed by atoms with E-state index in [-0.39, 0.29) is 17.4 Å². The first-order valence-electron chi connectivity index (χ1n) is 5.93. The Bertz CT molecular complexity index is 627. The van der Waals surface area contributed by atoms with Crippen molar-refractivity contribution in [2.24, 2.45) is 0 Å². The fraction of sp³-hybridized carbons (Fsp3) is 0.364. The summed E-state index contributed by atoms with van der Waals surface area (Å²) in [5.74, 6) is -0.272. The fourth-order valence-electron chi connectivity index (χ4n) is 1.60. The van der Waals surface area contributed by atoms with Crippen molar-refractivity contribution in [3.8, 4) is 5.69 Å². The summed E-state index contributed by atoms with van der Waals surface area (Å²) in [7, 11) is 0. The number of non-ortho nitro benzene ring substituents is 1. The summed E-state index contributed by atoms with van der Waals surface area (Å²) in [5.41, 5.74) is -0.138. The average molecular weight is 280 g/mol. The van der Waals surface area contributed by atoms with Gasteiger partial charge in [-0.05, 0) is 10.4 Å². The molecule has 0 bridgehead atoms. The van der Waals surface area contributed by atoms with E-state index >= 15 is 0 Å². The zero-order valence-electron chi connectivity index (χ0n) is 10.9. The smallest absolute Gasteiger partial charge is 0.274 e. The molecule has 0 saturated heterocycles. The number of nitrogens with zero attached hydrogens (tertiary/aromatic N) is 5. The number of aromatic nitrogens is 4. The highest BCUT2D eigenvalue weighted by atomic mass is 19.1. The van der Waals surface area contributed by atoms with Gasteiger partial charge in [0.15, 0.2) is 5.82 Å². The molecular weight excluding hydrogens is 267 g/mol. The van der Waals surface area contributed by atoms with Crippen molar-refractivity contribution in [3.63, 3.8) is 0 Å². The van der Waals surface area contributed by atoms with Crippen LogP contribution in [-0.2, 0) is 6.54 Å². The quantitative estimate of drug-likeness (QED) is 0.652. The van der Waals surface area contributed by atoms with Crippen LogP contribution < -0.4 is 5.32 Å². The molecule has 1 heterocycles. The monoisotopic (exact) mass is 280 g/mol. The van der Waals surface area contributed by atoms with E-state index < -0.39 is 10.7 Å². The number of rotatable bonds is 5. The van der Waals surface area contributed by atoms with Crippen molar-refractivity contribution in [2.75, 3.05) is 0 Å². The van der Waals surface area contributed by atoms with Crippen LogP contribution >= 0.6 is 0 Å². The third-order valence-corrected chi connectivity index (χ3v) is 2.53. The number of nitrogens with one attached hydrogen (secondary N) is 1. The lowest BCUT2D eigenvalue weighted by molar-refractivity contribution is -0.385. The molecule has 1 aromatic heterocycles. The summed E-state index contributed by atoms with van der Waals surface area (Å²) in [6.45, 7) is 4.29. The maximum absolute atomic E-state index is 13.4. The first kappa shape index (κ1) is 14.0. The topological polar surface area (TPSA) is 98.8 Å². The molecule has 0 aliphatic heterocycles. The molecular formula is C11H13FN6O2. The van der Waals surface area contributed by atoms with E-state index in [4.69, 9.17) is 0 Å². The van der Waals surface area contributed by atoms with Crippen molar-refractivity contribution in [1.29, 1.82) is 0 Å². The van der Waals surface area contributed by atoms with Gasteiger partial charge in [-0.3, -0.25) is 10.1 Å². The predicted molar refractivity (Wildman–Crippen MR) is 67.7 cm³/mol. The molecule has 20 heavy (non-hydrogen) atoms. The third-order valence-electron chi connectivity index (χ3n) is 2.53. The van der Waals surface area contributed by atoms with Gasteiger partial charge in [0.1, 0.15) is 5.82 Å². The molecule has 0 aliphatic rings. The minimum atomic E-state index is -0.715. The van der Waals surface area contributed by atoms with Gasteiger partial charge in [-0.2, -0.15) is 4.68 Å². The first-order chi connectivity index (χ1) is 9.47. The average Bonchev–Trinajstić information content (AvgIpc) is 2.83. The molecule has 0 unspecified atom stereocenters. The van der Waals surface area contributed by atoms with Gasteiger partial charge in [-0.15, -0.1) is 5.10 Å². The summed E-state index contributed by atoms with van der Waals surface area (Å²) in [4.78, 5) is 10.1. The van der Waals surface area contributed by atoms with E-state index in [0.717, 1.165) is 12.1 Å². The standard InChI is InChI=1S/C11H13FN6O2/c1-7(2)13-6-11-14-15-16-17(11)9-3-8(12)4-10(5-9)18(19)20/h3-5,7,13H,6H2,1-2H3. The molecule has 106 valence electrons. The number of benzene rings is 1. The first-order valence-corrected chi connectivity index (χ1v) is 5.93. The number of halogens is 1. The molecule has 1 aromatic carbocycles. The summed E-state index contributed by atoms with van der Waals surface area (Å²) in [6.07, 6.45) is 0. The number of hydrogen-bond acceptors (Lipinski definition) is 6. The maximum Gasteiger partial charge on any atom is 0.274 e. The van der Waals surface area contributed by atoms with Crippen LogP contribution in [0.1, 0.15) is 19.7 Å². The van der Waals surface area contributed by atoms with Crippen LogP contribution in [0.25, 0.3) is 5.69 Å². The molecule has 0 spiro atoms. The second-order valence-corrected chi connectivity index (χ2v) is 4.47. The van der Waals surface area contributed by atoms with Crippen LogP contribution in [0, 0.1) is 15.9 Å². The summed E-state index contributed by atoms with van der Waals surface area (Å²) in [5, 5.41) is 24.9. The van der Waals surface area contributed by atoms with Crippen molar-refractivity contribution < 1.29 is 9.31 Å². The van der Waals surface area contributed by atoms with Gasteiger partial charge in [-0.25, -0.2) is 4.39 Å². The lowest BCUT2D eigenvalue weighted by atomic mass is 10.2. The fourth-order valence-corrected chi connectivity index (χ4v) is 1.60. The molecule has 8 nitrogen and oxygen atoms in total. The van der Waals surface area contributed by atoms with Crippen LogP contribution in [0.15, 0.2) is 18.2 Å². The summed E-state index contributed by atoms with van der Waals surface area (Å²) < 4.78 is 14.7. The predicted octanol–water partition coefficient (Wildman–Crippen LogP) is 1.21. The molecule has 0 amide bonds. The molecule has 0 radical (unpaired) electrons. The number of hydrogen-bond donors (Lipinski definition) is 1. The highest BCUT2D eigenvalue weighted by Crippen LogP contribution is 2.19. The van der Waals surface area contributed by atoms with Crippen LogP contribution in [0.5, 0.6) is 0 Å². The van der Waals surface area contributed by atoms with Crippen molar-refractivity contribution in [3.05, 3.63) is 40.0 Å². The Morgan fingerprint density at radius 2 is 2.20 bits per heavy atom. The molecule has 0 saturated carbocycles. The van der Waals surface area contributed by atoms with E-state index in [1.807, 2.05) is 13.8 Å². The van der Waals surface area contributed by atoms with E-state index in [0.29, 0.717) is 12.4 Å². The minimum Gasteiger partial charge on any atom is -0.308 e. The van der Waals surface area contributed by atoms with Crippen LogP contribution in [0.2, 0.25) is 0 Å². The second-order valence-electron chi connectivity index (χ2n) is 4.47. The Balaban J connectivity index is 2.36. The third kappa shape index (κ3) is 3.12. The summed E-state index contributed by atoms with van der Waals surface area (Å²) >= 11 is 0. The van der Waals surface area contributed by atoms with Gasteiger partial charge in [0.05, 0.1) is 23.2 Å². The normalized spacial score (nSPS) is 11.0. The molecule has 2 aromatic rings. The highest BCUT2D eigenvalue weighted by molar-refractivity contribution is 5.43. The minimum absolute atomic E-state index is 0.210. The van der Waals surface area contributed by atoms with Crippen LogP contribution in [-0.4, -0.2) is 31.2 Å². The Kier molecular flexibility index (Phi) is 3.99. The lowest BCUT2D eigenvalue weighted by Crippen LogP contribution is -2.24. The van der Waals surface area contributed by atoms with Crippen LogP contribution in [0.4, 0.5) is 10.1 Å². The molecule has 2 rings (SSSR count). The largest absolute Gasteiger partial charge is 0.308 e. The highest BCUT2D eigenvalue weighted by Gasteiger charge is 2.15. The van der Waals surface area contributed by atoms with Gasteiger partial charge in [0, 0.05) is 18.2 Å². The number of nitro groups is 1. The Morgan fingerprint density at radius 1 is 1.45 bits per heavy atom. The Labute approximate surface area is 113 Å². The Morgan fingerprint density at radius 3 is 2.85 bits per heavy atom. The maximum atomic E-state index is 13.4. The SMILES string of the molecule is CC(C)NCc1nnnn1-c1cc(F)cc([N+](=O)[O-])c1. The molecule has 9 heteroatoms. The van der Waals surface area contributed by atoms with Crippen molar-refractivity contribution in [2.45, 2.75) is 26.4 Å². The zero-order chi connectivity index (χ0) is 14.7. The van der Waals surface area contributed by atoms with E-state index in [9.17, 15) is 14.5 Å². The van der Waals surface area contributed by atoms with Gasteiger partial charge in [-0.1, -0.05) is 13.8 Å². The van der Waals surface area contributed by atoms with Crippen molar-refractivity contribution in [1.82, 2.24) is 25.5 Å². The number of tetrazole rings is 1. The van der Waals surface area contributed by atoms with Gasteiger partial charge in [0.25, 0.3) is 5.69 Å². The molecule has 0 atom stereocenters. The lowest BCUT2D eigenvalue weighted by Gasteiger charge is -2.08. The van der Waals surface area contributed by atoms with Gasteiger partial charge in [0.2, 0.25) is 0 Å². The summed E-state index contributed by atoms with van der Waals surface area (Å²) in [6, 6.07) is 3.43. The number of nitro benzene ring substituents is 1. The molecule has 0 fully saturated rings. The Hall–Kier alpha value is -2.42. The molecule has 1 N–H and O–H groups in total. The van der Waals surface area contributed by atoms with E-state index in [1.165, 1.54) is 10.7 Å². The van der Waals surface area contributed by atoms with E-state index in [2.05, 4.69) is 20.8 Å². The van der Waals surface area contributed by atoms with E-state index in [1.54, 1.807) is 0 Å². The van der Waals surface area contributed by atoms with Gasteiger partial charge >= 0.3 is 0 Å². The van der Waals surface area contributed by atoms with Gasteiger partial charge < -0.3 is 5.32 Å².